The molecule has 0 unspecified atom stereocenters. The minimum absolute atomic E-state index is 0.0236. The number of carbonyl (C=O) groups is 1. The van der Waals surface area contributed by atoms with Gasteiger partial charge in [0.15, 0.2) is 0 Å². The highest BCUT2D eigenvalue weighted by atomic mass is 35.7. The molecule has 1 aliphatic carbocycles. The van der Waals surface area contributed by atoms with Gasteiger partial charge in [0.1, 0.15) is 0 Å². The number of nitrogens with one attached hydrogen (secondary N) is 1. The van der Waals surface area contributed by atoms with Crippen LogP contribution in [0.4, 0.5) is 5.69 Å². The minimum Gasteiger partial charge on any atom is -0.325 e. The van der Waals surface area contributed by atoms with Crippen LogP contribution in [0.15, 0.2) is 17.0 Å². The van der Waals surface area contributed by atoms with Crippen molar-refractivity contribution in [2.45, 2.75) is 44.4 Å². The van der Waals surface area contributed by atoms with Gasteiger partial charge in [-0.15, -0.1) is 0 Å². The Kier molecular flexibility index (Phi) is 4.39. The number of amides is 1. The molecular weight excluding hydrogens is 298 g/mol. The van der Waals surface area contributed by atoms with E-state index in [0.29, 0.717) is 12.1 Å². The number of hydrogen-bond donors (Lipinski definition) is 1. The summed E-state index contributed by atoms with van der Waals surface area (Å²) in [6.45, 7) is 3.69. The van der Waals surface area contributed by atoms with Crippen LogP contribution >= 0.6 is 10.7 Å². The van der Waals surface area contributed by atoms with Crippen molar-refractivity contribution in [1.29, 1.82) is 0 Å². The molecule has 0 aliphatic heterocycles. The van der Waals surface area contributed by atoms with Gasteiger partial charge >= 0.3 is 0 Å². The van der Waals surface area contributed by atoms with E-state index in [1.807, 2.05) is 6.92 Å². The Morgan fingerprint density at radius 3 is 2.50 bits per heavy atom. The first kappa shape index (κ1) is 15.3. The van der Waals surface area contributed by atoms with Crippen LogP contribution in [0.5, 0.6) is 0 Å². The van der Waals surface area contributed by atoms with Crippen LogP contribution in [0.2, 0.25) is 0 Å². The molecule has 0 atom stereocenters. The van der Waals surface area contributed by atoms with E-state index >= 15 is 0 Å². The van der Waals surface area contributed by atoms with Crippen LogP contribution in [0.25, 0.3) is 0 Å². The fraction of sp³-hybridized carbons (Fsp3) is 0.500. The van der Waals surface area contributed by atoms with Gasteiger partial charge in [0.25, 0.3) is 9.05 Å². The lowest BCUT2D eigenvalue weighted by Gasteiger charge is -2.25. The summed E-state index contributed by atoms with van der Waals surface area (Å²) in [4.78, 5) is 12.1. The summed E-state index contributed by atoms with van der Waals surface area (Å²) in [6.07, 6.45) is 3.59. The third kappa shape index (κ3) is 3.15. The lowest BCUT2D eigenvalue weighted by molar-refractivity contribution is -0.122. The molecule has 1 aromatic rings. The molecule has 0 heterocycles. The molecule has 1 N–H and O–H groups in total. The molecule has 0 spiro atoms. The van der Waals surface area contributed by atoms with Crippen LogP contribution in [0, 0.1) is 12.8 Å². The second-order valence-corrected chi connectivity index (χ2v) is 7.75. The van der Waals surface area contributed by atoms with Crippen LogP contribution in [0.3, 0.4) is 0 Å². The van der Waals surface area contributed by atoms with E-state index in [0.717, 1.165) is 30.4 Å². The topological polar surface area (TPSA) is 63.2 Å². The van der Waals surface area contributed by atoms with E-state index in [-0.39, 0.29) is 16.7 Å². The number of benzene rings is 1. The van der Waals surface area contributed by atoms with Crippen molar-refractivity contribution >= 4 is 31.3 Å². The standard InChI is InChI=1S/C14H18ClNO3S/c1-3-10-8-12(20(15,18)19)7-9(2)13(10)16-14(17)11-5-4-6-11/h7-8,11H,3-6H2,1-2H3,(H,16,17). The summed E-state index contributed by atoms with van der Waals surface area (Å²) < 4.78 is 22.9. The van der Waals surface area contributed by atoms with E-state index < -0.39 is 9.05 Å². The Morgan fingerprint density at radius 2 is 2.05 bits per heavy atom. The van der Waals surface area contributed by atoms with Crippen LogP contribution in [-0.2, 0) is 20.3 Å². The summed E-state index contributed by atoms with van der Waals surface area (Å²) in [5.74, 6) is 0.117. The van der Waals surface area contributed by atoms with Crippen molar-refractivity contribution in [3.8, 4) is 0 Å². The lowest BCUT2D eigenvalue weighted by atomic mass is 9.84. The molecule has 1 aliphatic rings. The summed E-state index contributed by atoms with van der Waals surface area (Å²) in [7, 11) is 1.63. The first-order chi connectivity index (χ1) is 9.32. The van der Waals surface area contributed by atoms with Gasteiger partial charge in [0.2, 0.25) is 5.91 Å². The maximum Gasteiger partial charge on any atom is 0.261 e. The average molecular weight is 316 g/mol. The van der Waals surface area contributed by atoms with Crippen LogP contribution < -0.4 is 5.32 Å². The Hall–Kier alpha value is -1.07. The van der Waals surface area contributed by atoms with E-state index in [4.69, 9.17) is 10.7 Å². The maximum absolute atomic E-state index is 12.0. The van der Waals surface area contributed by atoms with Crippen molar-refractivity contribution in [1.82, 2.24) is 0 Å². The Bertz CT molecular complexity index is 636. The smallest absolute Gasteiger partial charge is 0.261 e. The highest BCUT2D eigenvalue weighted by molar-refractivity contribution is 8.13. The molecule has 2 rings (SSSR count). The number of aryl methyl sites for hydroxylation is 2. The van der Waals surface area contributed by atoms with Gasteiger partial charge in [0, 0.05) is 22.3 Å². The average Bonchev–Trinajstić information content (AvgIpc) is 2.27. The zero-order valence-corrected chi connectivity index (χ0v) is 13.1. The van der Waals surface area contributed by atoms with Gasteiger partial charge < -0.3 is 5.32 Å². The number of carbonyl (C=O) groups excluding carboxylic acids is 1. The molecule has 6 heteroatoms. The largest absolute Gasteiger partial charge is 0.325 e. The highest BCUT2D eigenvalue weighted by Gasteiger charge is 2.26. The predicted molar refractivity (Wildman–Crippen MR) is 79.6 cm³/mol. The monoisotopic (exact) mass is 315 g/mol. The summed E-state index contributed by atoms with van der Waals surface area (Å²) >= 11 is 0. The summed E-state index contributed by atoms with van der Waals surface area (Å²) in [5, 5.41) is 2.93. The van der Waals surface area contributed by atoms with Gasteiger partial charge in [0.05, 0.1) is 4.90 Å². The highest BCUT2D eigenvalue weighted by Crippen LogP contribution is 2.31. The molecule has 0 saturated heterocycles. The molecule has 110 valence electrons. The zero-order chi connectivity index (χ0) is 14.9. The lowest BCUT2D eigenvalue weighted by Crippen LogP contribution is -2.28. The SMILES string of the molecule is CCc1cc(S(=O)(=O)Cl)cc(C)c1NC(=O)C1CCC1. The third-order valence-electron chi connectivity index (χ3n) is 3.78. The van der Waals surface area contributed by atoms with Gasteiger partial charge in [-0.05, 0) is 49.4 Å². The van der Waals surface area contributed by atoms with Crippen LogP contribution in [0.1, 0.15) is 37.3 Å². The molecular formula is C14H18ClNO3S. The van der Waals surface area contributed by atoms with Gasteiger partial charge in [-0.2, -0.15) is 0 Å². The molecule has 0 radical (unpaired) electrons. The van der Waals surface area contributed by atoms with Gasteiger partial charge in [-0.3, -0.25) is 4.79 Å². The van der Waals surface area contributed by atoms with Gasteiger partial charge in [-0.25, -0.2) is 8.42 Å². The second-order valence-electron chi connectivity index (χ2n) is 5.18. The fourth-order valence-electron chi connectivity index (χ4n) is 2.32. The van der Waals surface area contributed by atoms with Crippen molar-refractivity contribution in [3.05, 3.63) is 23.3 Å². The fourth-order valence-corrected chi connectivity index (χ4v) is 3.19. The van der Waals surface area contributed by atoms with Crippen LogP contribution in [-0.4, -0.2) is 14.3 Å². The van der Waals surface area contributed by atoms with E-state index in [1.165, 1.54) is 12.1 Å². The zero-order valence-electron chi connectivity index (χ0n) is 11.6. The minimum atomic E-state index is -3.75. The summed E-state index contributed by atoms with van der Waals surface area (Å²) in [5.41, 5.74) is 2.22. The molecule has 1 saturated carbocycles. The quantitative estimate of drug-likeness (QED) is 0.868. The van der Waals surface area contributed by atoms with Crippen molar-refractivity contribution in [3.63, 3.8) is 0 Å². The number of anilines is 1. The number of halogens is 1. The van der Waals surface area contributed by atoms with Crippen molar-refractivity contribution in [2.24, 2.45) is 5.92 Å². The first-order valence-electron chi connectivity index (χ1n) is 6.72. The molecule has 4 nitrogen and oxygen atoms in total. The molecule has 1 amide bonds. The maximum atomic E-state index is 12.0. The Balaban J connectivity index is 2.35. The summed E-state index contributed by atoms with van der Waals surface area (Å²) in [6, 6.07) is 3.03. The second kappa shape index (κ2) is 5.74. The van der Waals surface area contributed by atoms with Crippen molar-refractivity contribution < 1.29 is 13.2 Å². The normalized spacial score (nSPS) is 15.8. The van der Waals surface area contributed by atoms with E-state index in [9.17, 15) is 13.2 Å². The third-order valence-corrected chi connectivity index (χ3v) is 5.11. The molecule has 0 bridgehead atoms. The van der Waals surface area contributed by atoms with Crippen molar-refractivity contribution in [2.75, 3.05) is 5.32 Å². The molecule has 1 aromatic carbocycles. The molecule has 20 heavy (non-hydrogen) atoms. The van der Waals surface area contributed by atoms with Gasteiger partial charge in [-0.1, -0.05) is 13.3 Å². The molecule has 1 fully saturated rings. The number of hydrogen-bond acceptors (Lipinski definition) is 3. The van der Waals surface area contributed by atoms with E-state index in [2.05, 4.69) is 5.32 Å². The predicted octanol–water partition coefficient (Wildman–Crippen LogP) is 3.22. The Morgan fingerprint density at radius 1 is 1.40 bits per heavy atom. The number of rotatable bonds is 4. The molecule has 0 aromatic heterocycles. The Labute approximate surface area is 123 Å². The first-order valence-corrected chi connectivity index (χ1v) is 9.03. The van der Waals surface area contributed by atoms with E-state index in [1.54, 1.807) is 6.92 Å².